The molecule has 0 radical (unpaired) electrons. The smallest absolute Gasteiger partial charge is 0.231 e. The fourth-order valence-electron chi connectivity index (χ4n) is 2.89. The molecule has 118 valence electrons. The highest BCUT2D eigenvalue weighted by molar-refractivity contribution is 14.1. The Morgan fingerprint density at radius 3 is 2.91 bits per heavy atom. The fraction of sp³-hybridized carbons (Fsp3) is 0.235. The van der Waals surface area contributed by atoms with Gasteiger partial charge in [-0.1, -0.05) is 6.07 Å². The lowest BCUT2D eigenvalue weighted by Gasteiger charge is -2.11. The van der Waals surface area contributed by atoms with Gasteiger partial charge in [0.2, 0.25) is 6.79 Å². The maximum Gasteiger partial charge on any atom is 0.231 e. The van der Waals surface area contributed by atoms with E-state index in [0.717, 1.165) is 37.5 Å². The van der Waals surface area contributed by atoms with Crippen molar-refractivity contribution in [2.24, 2.45) is 5.10 Å². The molecule has 0 bridgehead atoms. The van der Waals surface area contributed by atoms with Gasteiger partial charge in [-0.3, -0.25) is 0 Å². The highest BCUT2D eigenvalue weighted by atomic mass is 127. The number of ether oxygens (including phenoxy) is 2. The van der Waals surface area contributed by atoms with Gasteiger partial charge in [-0.05, 0) is 64.9 Å². The molecule has 4 rings (SSSR count). The van der Waals surface area contributed by atoms with Gasteiger partial charge in [-0.2, -0.15) is 5.10 Å². The van der Waals surface area contributed by atoms with Crippen LogP contribution in [0, 0.1) is 10.5 Å². The first-order valence-electron chi connectivity index (χ1n) is 7.33. The van der Waals surface area contributed by atoms with Crippen molar-refractivity contribution in [3.05, 3.63) is 50.6 Å². The lowest BCUT2D eigenvalue weighted by Crippen LogP contribution is -2.09. The van der Waals surface area contributed by atoms with Crippen molar-refractivity contribution in [2.75, 3.05) is 6.79 Å². The Morgan fingerprint density at radius 2 is 2.04 bits per heavy atom. The van der Waals surface area contributed by atoms with E-state index in [1.165, 1.54) is 0 Å². The molecule has 0 aromatic heterocycles. The SMILES string of the molecule is Cc1cc(I)c(O)c(C2=NNC(c3ccc4c(c3)OCO4)C2)c1. The van der Waals surface area contributed by atoms with Crippen LogP contribution in [0.15, 0.2) is 35.4 Å². The van der Waals surface area contributed by atoms with Gasteiger partial charge < -0.3 is 20.0 Å². The first-order chi connectivity index (χ1) is 11.1. The highest BCUT2D eigenvalue weighted by Crippen LogP contribution is 2.37. The van der Waals surface area contributed by atoms with Gasteiger partial charge in [-0.15, -0.1) is 0 Å². The summed E-state index contributed by atoms with van der Waals surface area (Å²) in [6.07, 6.45) is 0.715. The molecular formula is C17H15IN2O3. The molecule has 0 amide bonds. The zero-order valence-corrected chi connectivity index (χ0v) is 14.6. The number of fused-ring (bicyclic) bond motifs is 1. The number of aryl methyl sites for hydroxylation is 1. The number of benzene rings is 2. The van der Waals surface area contributed by atoms with Crippen molar-refractivity contribution in [2.45, 2.75) is 19.4 Å². The Kier molecular flexibility index (Phi) is 3.56. The summed E-state index contributed by atoms with van der Waals surface area (Å²) in [5.41, 5.74) is 7.02. The molecule has 0 fully saturated rings. The lowest BCUT2D eigenvalue weighted by molar-refractivity contribution is 0.174. The molecule has 2 aromatic carbocycles. The molecular weight excluding hydrogens is 407 g/mol. The van der Waals surface area contributed by atoms with Crippen molar-refractivity contribution in [1.29, 1.82) is 0 Å². The molecule has 2 heterocycles. The molecule has 1 unspecified atom stereocenters. The van der Waals surface area contributed by atoms with Crippen LogP contribution in [0.3, 0.4) is 0 Å². The number of rotatable bonds is 2. The fourth-order valence-corrected chi connectivity index (χ4v) is 3.67. The van der Waals surface area contributed by atoms with E-state index in [2.05, 4.69) is 33.1 Å². The summed E-state index contributed by atoms with van der Waals surface area (Å²) in [4.78, 5) is 0. The molecule has 0 saturated heterocycles. The third kappa shape index (κ3) is 2.60. The molecule has 2 aliphatic heterocycles. The van der Waals surface area contributed by atoms with Crippen LogP contribution in [-0.4, -0.2) is 17.6 Å². The third-order valence-corrected chi connectivity index (χ3v) is 4.89. The van der Waals surface area contributed by atoms with Crippen molar-refractivity contribution < 1.29 is 14.6 Å². The second kappa shape index (κ2) is 5.59. The third-order valence-electron chi connectivity index (χ3n) is 4.07. The molecule has 0 saturated carbocycles. The van der Waals surface area contributed by atoms with Gasteiger partial charge in [0.05, 0.1) is 15.3 Å². The number of nitrogens with zero attached hydrogens (tertiary/aromatic N) is 1. The van der Waals surface area contributed by atoms with E-state index in [1.54, 1.807) is 0 Å². The van der Waals surface area contributed by atoms with Crippen molar-refractivity contribution >= 4 is 28.3 Å². The zero-order valence-electron chi connectivity index (χ0n) is 12.5. The molecule has 2 aromatic rings. The molecule has 0 aliphatic carbocycles. The summed E-state index contributed by atoms with van der Waals surface area (Å²) in [5, 5.41) is 14.7. The summed E-state index contributed by atoms with van der Waals surface area (Å²) >= 11 is 2.14. The number of phenols is 1. The summed E-state index contributed by atoms with van der Waals surface area (Å²) in [7, 11) is 0. The van der Waals surface area contributed by atoms with E-state index in [9.17, 15) is 5.11 Å². The summed E-state index contributed by atoms with van der Waals surface area (Å²) in [6.45, 7) is 2.29. The normalized spacial score (nSPS) is 18.7. The van der Waals surface area contributed by atoms with E-state index in [0.29, 0.717) is 12.2 Å². The first kappa shape index (κ1) is 14.6. The second-order valence-electron chi connectivity index (χ2n) is 5.70. The van der Waals surface area contributed by atoms with E-state index >= 15 is 0 Å². The van der Waals surface area contributed by atoms with E-state index in [-0.39, 0.29) is 12.8 Å². The van der Waals surface area contributed by atoms with Gasteiger partial charge in [0.25, 0.3) is 0 Å². The van der Waals surface area contributed by atoms with Crippen molar-refractivity contribution in [1.82, 2.24) is 5.43 Å². The minimum Gasteiger partial charge on any atom is -0.506 e. The van der Waals surface area contributed by atoms with Crippen LogP contribution in [0.4, 0.5) is 0 Å². The minimum atomic E-state index is 0.0667. The van der Waals surface area contributed by atoms with E-state index in [4.69, 9.17) is 9.47 Å². The number of hydrogen-bond donors (Lipinski definition) is 2. The largest absolute Gasteiger partial charge is 0.506 e. The Bertz CT molecular complexity index is 820. The van der Waals surface area contributed by atoms with Crippen molar-refractivity contribution in [3.63, 3.8) is 0 Å². The van der Waals surface area contributed by atoms with Crippen LogP contribution >= 0.6 is 22.6 Å². The quantitative estimate of drug-likeness (QED) is 0.728. The average Bonchev–Trinajstić information content (AvgIpc) is 3.18. The molecule has 1 atom stereocenters. The monoisotopic (exact) mass is 422 g/mol. The van der Waals surface area contributed by atoms with E-state index < -0.39 is 0 Å². The average molecular weight is 422 g/mol. The topological polar surface area (TPSA) is 63.1 Å². The van der Waals surface area contributed by atoms with Gasteiger partial charge in [-0.25, -0.2) is 0 Å². The van der Waals surface area contributed by atoms with Gasteiger partial charge >= 0.3 is 0 Å². The minimum absolute atomic E-state index is 0.0667. The number of aromatic hydroxyl groups is 1. The van der Waals surface area contributed by atoms with Gasteiger partial charge in [0, 0.05) is 12.0 Å². The molecule has 2 aliphatic rings. The summed E-state index contributed by atoms with van der Waals surface area (Å²) in [5.74, 6) is 1.84. The molecule has 2 N–H and O–H groups in total. The number of nitrogens with one attached hydrogen (secondary N) is 1. The van der Waals surface area contributed by atoms with Gasteiger partial charge in [0.15, 0.2) is 11.5 Å². The zero-order chi connectivity index (χ0) is 16.0. The van der Waals surface area contributed by atoms with Crippen molar-refractivity contribution in [3.8, 4) is 17.2 Å². The number of hydrazone groups is 1. The standard InChI is InChI=1S/C17H15IN2O3/c1-9-4-11(17(21)12(18)5-9)14-7-13(19-20-14)10-2-3-15-16(6-10)23-8-22-15/h2-6,13,19,21H,7-8H2,1H3. The Labute approximate surface area is 147 Å². The summed E-state index contributed by atoms with van der Waals surface area (Å²) in [6, 6.07) is 9.92. The number of hydrogen-bond acceptors (Lipinski definition) is 5. The van der Waals surface area contributed by atoms with Crippen LogP contribution in [-0.2, 0) is 0 Å². The number of halogens is 1. The Balaban J connectivity index is 1.60. The van der Waals surface area contributed by atoms with Gasteiger partial charge in [0.1, 0.15) is 5.75 Å². The number of phenolic OH excluding ortho intramolecular Hbond substituents is 1. The Hall–Kier alpha value is -1.96. The second-order valence-corrected chi connectivity index (χ2v) is 6.86. The lowest BCUT2D eigenvalue weighted by atomic mass is 9.97. The predicted octanol–water partition coefficient (Wildman–Crippen LogP) is 3.47. The molecule has 0 spiro atoms. The van der Waals surface area contributed by atoms with Crippen LogP contribution in [0.1, 0.15) is 29.2 Å². The molecule has 23 heavy (non-hydrogen) atoms. The molecule has 5 nitrogen and oxygen atoms in total. The first-order valence-corrected chi connectivity index (χ1v) is 8.41. The predicted molar refractivity (Wildman–Crippen MR) is 95.2 cm³/mol. The van der Waals surface area contributed by atoms with Crippen LogP contribution in [0.5, 0.6) is 17.2 Å². The van der Waals surface area contributed by atoms with Crippen LogP contribution in [0.25, 0.3) is 0 Å². The maximum atomic E-state index is 10.3. The highest BCUT2D eigenvalue weighted by Gasteiger charge is 2.25. The molecule has 6 heteroatoms. The van der Waals surface area contributed by atoms with Crippen LogP contribution < -0.4 is 14.9 Å². The van der Waals surface area contributed by atoms with Crippen LogP contribution in [0.2, 0.25) is 0 Å². The Morgan fingerprint density at radius 1 is 1.22 bits per heavy atom. The summed E-state index contributed by atoms with van der Waals surface area (Å²) < 4.78 is 11.6. The maximum absolute atomic E-state index is 10.3. The van der Waals surface area contributed by atoms with E-state index in [1.807, 2.05) is 37.3 Å².